The van der Waals surface area contributed by atoms with Gasteiger partial charge in [0.1, 0.15) is 0 Å². The largest absolute Gasteiger partial charge is 0.301 e. The molecular weight excluding hydrogens is 404 g/mol. The molecule has 0 fully saturated rings. The minimum absolute atomic E-state index is 0.162. The Bertz CT molecular complexity index is 1060. The molecular formula is C17H13ClN6OS2. The summed E-state index contributed by atoms with van der Waals surface area (Å²) in [6, 6.07) is 14.9. The molecule has 1 amide bonds. The Balaban J connectivity index is 1.47. The summed E-state index contributed by atoms with van der Waals surface area (Å²) in [5.74, 6) is -0.162. The number of halogens is 1. The van der Waals surface area contributed by atoms with Crippen LogP contribution in [0.15, 0.2) is 53.7 Å². The summed E-state index contributed by atoms with van der Waals surface area (Å²) < 4.78 is 2.60. The van der Waals surface area contributed by atoms with Crippen molar-refractivity contribution in [2.75, 3.05) is 5.32 Å². The Hall–Kier alpha value is -2.49. The third kappa shape index (κ3) is 3.95. The van der Waals surface area contributed by atoms with Gasteiger partial charge in [0.25, 0.3) is 0 Å². The summed E-state index contributed by atoms with van der Waals surface area (Å²) in [5.41, 5.74) is 1.63. The maximum absolute atomic E-state index is 12.5. The first-order valence-electron chi connectivity index (χ1n) is 7.97. The number of para-hydroxylation sites is 1. The lowest BCUT2D eigenvalue weighted by Crippen LogP contribution is -2.22. The lowest BCUT2D eigenvalue weighted by molar-refractivity contribution is -0.115. The van der Waals surface area contributed by atoms with Crippen molar-refractivity contribution in [2.24, 2.45) is 0 Å². The monoisotopic (exact) mass is 416 g/mol. The number of nitrogens with zero attached hydrogens (tertiary/aromatic N) is 5. The van der Waals surface area contributed by atoms with Gasteiger partial charge in [-0.1, -0.05) is 46.8 Å². The highest BCUT2D eigenvalue weighted by Crippen LogP contribution is 2.28. The van der Waals surface area contributed by atoms with Gasteiger partial charge in [0.2, 0.25) is 11.1 Å². The SMILES string of the molecule is CC(Sc1nnnn1-c1ccc(Cl)cc1)C(=O)Nc1nc2ccccc2s1. The van der Waals surface area contributed by atoms with E-state index >= 15 is 0 Å². The van der Waals surface area contributed by atoms with Gasteiger partial charge in [-0.2, -0.15) is 4.68 Å². The smallest absolute Gasteiger partial charge is 0.239 e. The molecule has 4 aromatic rings. The van der Waals surface area contributed by atoms with E-state index < -0.39 is 5.25 Å². The zero-order valence-electron chi connectivity index (χ0n) is 14.0. The number of thiazole rings is 1. The Kier molecular flexibility index (Phi) is 5.06. The number of hydrogen-bond acceptors (Lipinski definition) is 7. The number of fused-ring (bicyclic) bond motifs is 1. The lowest BCUT2D eigenvalue weighted by atomic mass is 10.3. The zero-order chi connectivity index (χ0) is 18.8. The Labute approximate surface area is 167 Å². The van der Waals surface area contributed by atoms with Crippen LogP contribution in [-0.2, 0) is 4.79 Å². The Morgan fingerprint density at radius 1 is 1.22 bits per heavy atom. The van der Waals surface area contributed by atoms with Crippen molar-refractivity contribution in [3.05, 3.63) is 53.6 Å². The van der Waals surface area contributed by atoms with Gasteiger partial charge < -0.3 is 5.32 Å². The van der Waals surface area contributed by atoms with Crippen LogP contribution < -0.4 is 5.32 Å². The molecule has 0 aliphatic carbocycles. The number of hydrogen-bond donors (Lipinski definition) is 1. The number of carbonyl (C=O) groups excluding carboxylic acids is 1. The van der Waals surface area contributed by atoms with Crippen LogP contribution >= 0.6 is 34.7 Å². The second-order valence-corrected chi connectivity index (χ2v) is 8.36. The van der Waals surface area contributed by atoms with E-state index in [0.717, 1.165) is 15.9 Å². The topological polar surface area (TPSA) is 85.6 Å². The van der Waals surface area contributed by atoms with Crippen LogP contribution in [0.1, 0.15) is 6.92 Å². The van der Waals surface area contributed by atoms with Gasteiger partial charge in [0.05, 0.1) is 21.2 Å². The number of rotatable bonds is 5. The zero-order valence-corrected chi connectivity index (χ0v) is 16.4. The summed E-state index contributed by atoms with van der Waals surface area (Å²) in [6.45, 7) is 1.80. The molecule has 0 spiro atoms. The van der Waals surface area contributed by atoms with E-state index in [-0.39, 0.29) is 5.91 Å². The molecule has 1 unspecified atom stereocenters. The van der Waals surface area contributed by atoms with Crippen molar-refractivity contribution < 1.29 is 4.79 Å². The molecule has 0 aliphatic heterocycles. The molecule has 10 heteroatoms. The van der Waals surface area contributed by atoms with Gasteiger partial charge in [-0.25, -0.2) is 4.98 Å². The lowest BCUT2D eigenvalue weighted by Gasteiger charge is -2.10. The molecule has 136 valence electrons. The molecule has 0 saturated carbocycles. The second kappa shape index (κ2) is 7.63. The predicted molar refractivity (Wildman–Crippen MR) is 108 cm³/mol. The number of anilines is 1. The fourth-order valence-electron chi connectivity index (χ4n) is 2.34. The van der Waals surface area contributed by atoms with Gasteiger partial charge in [0.15, 0.2) is 5.13 Å². The number of carbonyl (C=O) groups is 1. The number of amides is 1. The molecule has 1 atom stereocenters. The molecule has 0 radical (unpaired) electrons. The first-order chi connectivity index (χ1) is 13.1. The van der Waals surface area contributed by atoms with Gasteiger partial charge in [-0.05, 0) is 53.7 Å². The van der Waals surface area contributed by atoms with Crippen LogP contribution in [0.2, 0.25) is 5.02 Å². The van der Waals surface area contributed by atoms with Crippen molar-refractivity contribution in [1.29, 1.82) is 0 Å². The van der Waals surface area contributed by atoms with E-state index in [2.05, 4.69) is 25.8 Å². The highest BCUT2D eigenvalue weighted by atomic mass is 35.5. The second-order valence-electron chi connectivity index (χ2n) is 5.59. The van der Waals surface area contributed by atoms with E-state index in [0.29, 0.717) is 15.3 Å². The molecule has 2 aromatic carbocycles. The summed E-state index contributed by atoms with van der Waals surface area (Å²) in [5, 5.41) is 15.9. The molecule has 7 nitrogen and oxygen atoms in total. The van der Waals surface area contributed by atoms with E-state index in [9.17, 15) is 4.79 Å². The molecule has 1 N–H and O–H groups in total. The normalized spacial score (nSPS) is 12.2. The van der Waals surface area contributed by atoms with Crippen molar-refractivity contribution >= 4 is 56.0 Å². The van der Waals surface area contributed by atoms with Crippen LogP contribution in [-0.4, -0.2) is 36.3 Å². The van der Waals surface area contributed by atoms with Crippen LogP contribution in [0.4, 0.5) is 5.13 Å². The van der Waals surface area contributed by atoms with Crippen LogP contribution in [0.5, 0.6) is 0 Å². The molecule has 2 heterocycles. The minimum Gasteiger partial charge on any atom is -0.301 e. The highest BCUT2D eigenvalue weighted by Gasteiger charge is 2.20. The van der Waals surface area contributed by atoms with E-state index in [4.69, 9.17) is 11.6 Å². The third-order valence-electron chi connectivity index (χ3n) is 3.69. The highest BCUT2D eigenvalue weighted by molar-refractivity contribution is 8.00. The molecule has 4 rings (SSSR count). The summed E-state index contributed by atoms with van der Waals surface area (Å²) >= 11 is 8.63. The van der Waals surface area contributed by atoms with E-state index in [1.807, 2.05) is 36.4 Å². The van der Waals surface area contributed by atoms with Crippen molar-refractivity contribution in [3.8, 4) is 5.69 Å². The quantitative estimate of drug-likeness (QED) is 0.494. The predicted octanol–water partition coefficient (Wildman–Crippen LogP) is 4.04. The number of thioether (sulfide) groups is 1. The average Bonchev–Trinajstić information content (AvgIpc) is 3.28. The van der Waals surface area contributed by atoms with Crippen LogP contribution in [0.3, 0.4) is 0 Å². The first kappa shape index (κ1) is 17.9. The third-order valence-corrected chi connectivity index (χ3v) is 5.92. The summed E-state index contributed by atoms with van der Waals surface area (Å²) in [6.07, 6.45) is 0. The molecule has 0 aliphatic rings. The summed E-state index contributed by atoms with van der Waals surface area (Å²) in [7, 11) is 0. The fourth-order valence-corrected chi connectivity index (χ4v) is 4.14. The maximum atomic E-state index is 12.5. The number of benzene rings is 2. The standard InChI is InChI=1S/C17H13ClN6OS2/c1-10(15(25)20-16-19-13-4-2-3-5-14(13)27-16)26-17-21-22-23-24(17)12-8-6-11(18)7-9-12/h2-10H,1H3,(H,19,20,25). The van der Waals surface area contributed by atoms with Crippen LogP contribution in [0.25, 0.3) is 15.9 Å². The number of tetrazole rings is 1. The van der Waals surface area contributed by atoms with Crippen molar-refractivity contribution in [2.45, 2.75) is 17.3 Å². The molecule has 27 heavy (non-hydrogen) atoms. The summed E-state index contributed by atoms with van der Waals surface area (Å²) in [4.78, 5) is 17.0. The maximum Gasteiger partial charge on any atom is 0.239 e. The van der Waals surface area contributed by atoms with Crippen molar-refractivity contribution in [1.82, 2.24) is 25.2 Å². The van der Waals surface area contributed by atoms with Gasteiger partial charge in [-0.15, -0.1) is 5.10 Å². The number of nitrogens with one attached hydrogen (secondary N) is 1. The molecule has 0 bridgehead atoms. The molecule has 0 saturated heterocycles. The Morgan fingerprint density at radius 2 is 2.00 bits per heavy atom. The number of aromatic nitrogens is 5. The first-order valence-corrected chi connectivity index (χ1v) is 10.0. The fraction of sp³-hybridized carbons (Fsp3) is 0.118. The Morgan fingerprint density at radius 3 is 2.78 bits per heavy atom. The average molecular weight is 417 g/mol. The van der Waals surface area contributed by atoms with E-state index in [1.165, 1.54) is 23.1 Å². The van der Waals surface area contributed by atoms with E-state index in [1.54, 1.807) is 23.7 Å². The van der Waals surface area contributed by atoms with Gasteiger partial charge in [0, 0.05) is 5.02 Å². The minimum atomic E-state index is -0.408. The van der Waals surface area contributed by atoms with Crippen molar-refractivity contribution in [3.63, 3.8) is 0 Å². The molecule has 2 aromatic heterocycles. The van der Waals surface area contributed by atoms with Gasteiger partial charge >= 0.3 is 0 Å². The van der Waals surface area contributed by atoms with Crippen LogP contribution in [0, 0.1) is 0 Å². The van der Waals surface area contributed by atoms with Gasteiger partial charge in [-0.3, -0.25) is 4.79 Å².